The van der Waals surface area contributed by atoms with Gasteiger partial charge in [-0.2, -0.15) is 0 Å². The lowest BCUT2D eigenvalue weighted by molar-refractivity contribution is 0.0378. The Labute approximate surface area is 227 Å². The topological polar surface area (TPSA) is 65.1 Å². The highest BCUT2D eigenvalue weighted by Crippen LogP contribution is 2.46. The highest BCUT2D eigenvalue weighted by atomic mass is 35.5. The van der Waals surface area contributed by atoms with Crippen LogP contribution in [0, 0.1) is 13.8 Å². The van der Waals surface area contributed by atoms with Crippen LogP contribution in [-0.4, -0.2) is 48.7 Å². The SMILES string of the molecule is Cc1ccc(C)c(N2CCN(C(=O)c3cccc(N4C(=O)NC5CC4(C)Oc4ccc(Cl)cc45)c3)CC2)c1. The van der Waals surface area contributed by atoms with Gasteiger partial charge in [0.25, 0.3) is 5.91 Å². The van der Waals surface area contributed by atoms with Gasteiger partial charge in [0.1, 0.15) is 5.75 Å². The molecule has 3 aliphatic rings. The molecule has 3 aromatic rings. The predicted molar refractivity (Wildman–Crippen MR) is 149 cm³/mol. The summed E-state index contributed by atoms with van der Waals surface area (Å²) >= 11 is 6.20. The molecule has 3 amide bonds. The number of hydrogen-bond acceptors (Lipinski definition) is 4. The van der Waals surface area contributed by atoms with E-state index >= 15 is 0 Å². The Balaban J connectivity index is 1.21. The van der Waals surface area contributed by atoms with Gasteiger partial charge in [0.2, 0.25) is 0 Å². The molecule has 1 N–H and O–H groups in total. The number of hydrogen-bond donors (Lipinski definition) is 1. The number of halogens is 1. The average Bonchev–Trinajstić information content (AvgIpc) is 2.90. The number of rotatable bonds is 3. The first-order chi connectivity index (χ1) is 18.2. The maximum atomic E-state index is 13.5. The van der Waals surface area contributed by atoms with E-state index in [2.05, 4.69) is 42.3 Å². The molecule has 196 valence electrons. The average molecular weight is 531 g/mol. The Morgan fingerprint density at radius 1 is 1.03 bits per heavy atom. The summed E-state index contributed by atoms with van der Waals surface area (Å²) in [5.74, 6) is 0.671. The molecule has 38 heavy (non-hydrogen) atoms. The van der Waals surface area contributed by atoms with E-state index in [1.54, 1.807) is 17.0 Å². The summed E-state index contributed by atoms with van der Waals surface area (Å²) in [4.78, 5) is 32.7. The molecule has 0 spiro atoms. The van der Waals surface area contributed by atoms with Gasteiger partial charge in [-0.15, -0.1) is 0 Å². The molecule has 2 bridgehead atoms. The number of urea groups is 1. The second-order valence-electron chi connectivity index (χ2n) is 10.6. The molecule has 0 aromatic heterocycles. The van der Waals surface area contributed by atoms with E-state index in [0.29, 0.717) is 41.5 Å². The Morgan fingerprint density at radius 2 is 1.82 bits per heavy atom. The molecule has 3 aliphatic heterocycles. The predicted octanol–water partition coefficient (Wildman–Crippen LogP) is 5.69. The van der Waals surface area contributed by atoms with Crippen molar-refractivity contribution < 1.29 is 14.3 Å². The van der Waals surface area contributed by atoms with E-state index < -0.39 is 5.72 Å². The van der Waals surface area contributed by atoms with Crippen LogP contribution in [0.2, 0.25) is 5.02 Å². The first-order valence-corrected chi connectivity index (χ1v) is 13.4. The van der Waals surface area contributed by atoms with Gasteiger partial charge < -0.3 is 19.9 Å². The number of carbonyl (C=O) groups excluding carboxylic acids is 2. The fourth-order valence-electron chi connectivity index (χ4n) is 5.91. The number of nitrogens with zero attached hydrogens (tertiary/aromatic N) is 3. The van der Waals surface area contributed by atoms with Crippen LogP contribution in [0.1, 0.15) is 46.4 Å². The minimum Gasteiger partial charge on any atom is -0.467 e. The highest BCUT2D eigenvalue weighted by Gasteiger charge is 2.50. The van der Waals surface area contributed by atoms with Gasteiger partial charge >= 0.3 is 6.03 Å². The molecule has 3 heterocycles. The molecular formula is C30H31ClN4O3. The standard InChI is InChI=1S/C30H31ClN4O3/c1-19-7-8-20(2)26(15-19)33-11-13-34(14-12-33)28(36)21-5-4-6-23(16-21)35-29(37)32-25-18-30(35,3)38-27-10-9-22(31)17-24(25)27/h4-10,15-17,25H,11-14,18H2,1-3H3,(H,32,37). The first-order valence-electron chi connectivity index (χ1n) is 13.0. The maximum Gasteiger partial charge on any atom is 0.325 e. The van der Waals surface area contributed by atoms with Crippen LogP contribution in [-0.2, 0) is 0 Å². The third-order valence-corrected chi connectivity index (χ3v) is 8.09. The molecule has 8 heteroatoms. The summed E-state index contributed by atoms with van der Waals surface area (Å²) < 4.78 is 6.38. The van der Waals surface area contributed by atoms with Crippen molar-refractivity contribution >= 4 is 34.9 Å². The molecule has 0 saturated carbocycles. The zero-order valence-electron chi connectivity index (χ0n) is 21.8. The van der Waals surface area contributed by atoms with E-state index in [1.165, 1.54) is 16.8 Å². The summed E-state index contributed by atoms with van der Waals surface area (Å²) in [6, 6.07) is 18.8. The van der Waals surface area contributed by atoms with E-state index in [4.69, 9.17) is 16.3 Å². The Morgan fingerprint density at radius 3 is 2.61 bits per heavy atom. The van der Waals surface area contributed by atoms with Gasteiger partial charge in [-0.1, -0.05) is 29.8 Å². The van der Waals surface area contributed by atoms with Crippen LogP contribution in [0.4, 0.5) is 16.2 Å². The monoisotopic (exact) mass is 530 g/mol. The van der Waals surface area contributed by atoms with Gasteiger partial charge in [0.15, 0.2) is 5.72 Å². The van der Waals surface area contributed by atoms with Crippen molar-refractivity contribution in [1.29, 1.82) is 0 Å². The van der Waals surface area contributed by atoms with Crippen LogP contribution in [0.25, 0.3) is 0 Å². The highest BCUT2D eigenvalue weighted by molar-refractivity contribution is 6.30. The summed E-state index contributed by atoms with van der Waals surface area (Å²) in [6.07, 6.45) is 0.560. The van der Waals surface area contributed by atoms with Gasteiger partial charge in [0.05, 0.1) is 11.7 Å². The second-order valence-corrected chi connectivity index (χ2v) is 11.1. The van der Waals surface area contributed by atoms with Gasteiger partial charge in [-0.3, -0.25) is 9.69 Å². The molecule has 0 aliphatic carbocycles. The molecule has 2 atom stereocenters. The molecule has 2 saturated heterocycles. The van der Waals surface area contributed by atoms with Crippen molar-refractivity contribution in [3.8, 4) is 5.75 Å². The summed E-state index contributed by atoms with van der Waals surface area (Å²) in [6.45, 7) is 8.98. The Kier molecular flexibility index (Phi) is 5.99. The summed E-state index contributed by atoms with van der Waals surface area (Å²) in [5, 5.41) is 3.70. The molecule has 6 rings (SSSR count). The minimum atomic E-state index is -0.896. The number of anilines is 2. The van der Waals surface area contributed by atoms with E-state index in [1.807, 2.05) is 42.2 Å². The number of benzene rings is 3. The summed E-state index contributed by atoms with van der Waals surface area (Å²) in [7, 11) is 0. The molecular weight excluding hydrogens is 500 g/mol. The van der Waals surface area contributed by atoms with Crippen molar-refractivity contribution in [1.82, 2.24) is 10.2 Å². The smallest absolute Gasteiger partial charge is 0.325 e. The number of ether oxygens (including phenoxy) is 1. The van der Waals surface area contributed by atoms with Crippen LogP contribution in [0.3, 0.4) is 0 Å². The fourth-order valence-corrected chi connectivity index (χ4v) is 6.09. The van der Waals surface area contributed by atoms with Gasteiger partial charge in [-0.05, 0) is 74.4 Å². The molecule has 3 aromatic carbocycles. The quantitative estimate of drug-likeness (QED) is 0.472. The number of carbonyl (C=O) groups is 2. The largest absolute Gasteiger partial charge is 0.467 e. The Hall–Kier alpha value is -3.71. The van der Waals surface area contributed by atoms with Gasteiger partial charge in [-0.25, -0.2) is 4.79 Å². The summed E-state index contributed by atoms with van der Waals surface area (Å²) in [5.41, 5.74) is 4.88. The van der Waals surface area contributed by atoms with Crippen LogP contribution in [0.15, 0.2) is 60.7 Å². The molecule has 0 radical (unpaired) electrons. The van der Waals surface area contributed by atoms with Crippen molar-refractivity contribution in [2.45, 2.75) is 39.0 Å². The number of amides is 3. The molecule has 2 fully saturated rings. The van der Waals surface area contributed by atoms with E-state index in [-0.39, 0.29) is 18.0 Å². The van der Waals surface area contributed by atoms with Crippen molar-refractivity contribution in [2.75, 3.05) is 36.0 Å². The van der Waals surface area contributed by atoms with Gasteiger partial charge in [0, 0.05) is 54.4 Å². The third kappa shape index (κ3) is 4.25. The zero-order valence-corrected chi connectivity index (χ0v) is 22.6. The fraction of sp³-hybridized carbons (Fsp3) is 0.333. The normalized spacial score (nSPS) is 22.5. The lowest BCUT2D eigenvalue weighted by Gasteiger charge is -2.50. The van der Waals surface area contributed by atoms with Crippen LogP contribution >= 0.6 is 11.6 Å². The second kappa shape index (κ2) is 9.24. The lowest BCUT2D eigenvalue weighted by atomic mass is 9.90. The minimum absolute atomic E-state index is 0.0301. The van der Waals surface area contributed by atoms with Crippen molar-refractivity contribution in [2.24, 2.45) is 0 Å². The lowest BCUT2D eigenvalue weighted by Crippen LogP contribution is -2.65. The first kappa shape index (κ1) is 24.6. The maximum absolute atomic E-state index is 13.5. The number of nitrogens with one attached hydrogen (secondary N) is 1. The molecule has 2 unspecified atom stereocenters. The number of fused-ring (bicyclic) bond motifs is 4. The number of aryl methyl sites for hydroxylation is 2. The van der Waals surface area contributed by atoms with Crippen molar-refractivity contribution in [3.05, 3.63) is 87.9 Å². The van der Waals surface area contributed by atoms with Crippen molar-refractivity contribution in [3.63, 3.8) is 0 Å². The zero-order chi connectivity index (χ0) is 26.6. The van der Waals surface area contributed by atoms with E-state index in [0.717, 1.165) is 18.7 Å². The van der Waals surface area contributed by atoms with E-state index in [9.17, 15) is 9.59 Å². The Bertz CT molecular complexity index is 1430. The van der Waals surface area contributed by atoms with Crippen LogP contribution < -0.4 is 19.9 Å². The molecule has 7 nitrogen and oxygen atoms in total. The van der Waals surface area contributed by atoms with Crippen LogP contribution in [0.5, 0.6) is 5.75 Å². The number of piperazine rings is 1. The third-order valence-electron chi connectivity index (χ3n) is 7.86.